The van der Waals surface area contributed by atoms with E-state index in [0.29, 0.717) is 12.8 Å². The van der Waals surface area contributed by atoms with E-state index in [-0.39, 0.29) is 13.0 Å². The number of Topliss-reactive ketones (excluding diaryl/α,β-unsaturated/α-hetero) is 2. The summed E-state index contributed by atoms with van der Waals surface area (Å²) in [5.74, 6) is -1.83. The standard InChI is InChI=1S/C9H11BrO4/c1-2-14-8(13)9(10)5-3-4-6(11)7(9)12/h2-5H2,1H3. The van der Waals surface area contributed by atoms with E-state index in [9.17, 15) is 14.4 Å². The highest BCUT2D eigenvalue weighted by atomic mass is 79.9. The average Bonchev–Trinajstić information content (AvgIpc) is 2.14. The fourth-order valence-corrected chi connectivity index (χ4v) is 2.00. The Bertz CT molecular complexity index is 287. The second-order valence-corrected chi connectivity index (χ2v) is 4.48. The van der Waals surface area contributed by atoms with Gasteiger partial charge < -0.3 is 4.74 Å². The molecule has 1 unspecified atom stereocenters. The molecule has 0 heterocycles. The van der Waals surface area contributed by atoms with Gasteiger partial charge in [0.25, 0.3) is 0 Å². The lowest BCUT2D eigenvalue weighted by Gasteiger charge is -2.26. The van der Waals surface area contributed by atoms with Crippen molar-refractivity contribution in [3.05, 3.63) is 0 Å². The first kappa shape index (κ1) is 11.4. The molecule has 1 aliphatic carbocycles. The van der Waals surface area contributed by atoms with Crippen molar-refractivity contribution in [1.82, 2.24) is 0 Å². The highest BCUT2D eigenvalue weighted by Crippen LogP contribution is 2.32. The first-order valence-corrected chi connectivity index (χ1v) is 5.25. The molecule has 5 heteroatoms. The Balaban J connectivity index is 2.86. The van der Waals surface area contributed by atoms with Crippen LogP contribution in [0, 0.1) is 0 Å². The number of hydrogen-bond donors (Lipinski definition) is 0. The first-order chi connectivity index (χ1) is 6.52. The van der Waals surface area contributed by atoms with E-state index in [1.54, 1.807) is 6.92 Å². The molecule has 0 aromatic carbocycles. The summed E-state index contributed by atoms with van der Waals surface area (Å²) in [6.45, 7) is 1.86. The summed E-state index contributed by atoms with van der Waals surface area (Å²) in [4.78, 5) is 34.0. The number of carbonyl (C=O) groups is 3. The molecule has 0 spiro atoms. The van der Waals surface area contributed by atoms with Crippen molar-refractivity contribution in [3.63, 3.8) is 0 Å². The molecule has 0 aromatic heterocycles. The summed E-state index contributed by atoms with van der Waals surface area (Å²) in [5.41, 5.74) is 0. The van der Waals surface area contributed by atoms with Gasteiger partial charge in [0, 0.05) is 6.42 Å². The minimum absolute atomic E-state index is 0.202. The SMILES string of the molecule is CCOC(=O)C1(Br)CCCC(=O)C1=O. The molecule has 0 bridgehead atoms. The van der Waals surface area contributed by atoms with E-state index in [2.05, 4.69) is 15.9 Å². The Labute approximate surface area is 90.1 Å². The van der Waals surface area contributed by atoms with Gasteiger partial charge in [-0.2, -0.15) is 0 Å². The van der Waals surface area contributed by atoms with Gasteiger partial charge >= 0.3 is 5.97 Å². The van der Waals surface area contributed by atoms with Gasteiger partial charge in [0.15, 0.2) is 4.32 Å². The lowest BCUT2D eigenvalue weighted by Crippen LogP contribution is -2.48. The Morgan fingerprint density at radius 3 is 2.79 bits per heavy atom. The Kier molecular flexibility index (Phi) is 3.42. The highest BCUT2D eigenvalue weighted by Gasteiger charge is 2.49. The second-order valence-electron chi connectivity index (χ2n) is 3.13. The molecule has 0 aliphatic heterocycles. The van der Waals surface area contributed by atoms with E-state index in [0.717, 1.165) is 0 Å². The number of hydrogen-bond acceptors (Lipinski definition) is 4. The largest absolute Gasteiger partial charge is 0.465 e. The van der Waals surface area contributed by atoms with Gasteiger partial charge in [-0.3, -0.25) is 14.4 Å². The van der Waals surface area contributed by atoms with Crippen molar-refractivity contribution >= 4 is 33.5 Å². The van der Waals surface area contributed by atoms with Gasteiger partial charge in [-0.25, -0.2) is 0 Å². The van der Waals surface area contributed by atoms with Gasteiger partial charge in [0.2, 0.25) is 11.6 Å². The first-order valence-electron chi connectivity index (χ1n) is 4.46. The van der Waals surface area contributed by atoms with Crippen LogP contribution in [-0.2, 0) is 19.1 Å². The van der Waals surface area contributed by atoms with Crippen molar-refractivity contribution in [1.29, 1.82) is 0 Å². The number of esters is 1. The van der Waals surface area contributed by atoms with Crippen LogP contribution in [0.4, 0.5) is 0 Å². The van der Waals surface area contributed by atoms with Crippen LogP contribution in [-0.4, -0.2) is 28.5 Å². The molecular formula is C9H11BrO4. The highest BCUT2D eigenvalue weighted by molar-refractivity contribution is 9.10. The lowest BCUT2D eigenvalue weighted by atomic mass is 9.87. The molecule has 14 heavy (non-hydrogen) atoms. The van der Waals surface area contributed by atoms with Crippen LogP contribution < -0.4 is 0 Å². The van der Waals surface area contributed by atoms with Crippen LogP contribution >= 0.6 is 15.9 Å². The molecular weight excluding hydrogens is 252 g/mol. The summed E-state index contributed by atoms with van der Waals surface area (Å²) in [5, 5.41) is 0. The third kappa shape index (κ3) is 1.87. The molecule has 0 amide bonds. The normalized spacial score (nSPS) is 27.6. The molecule has 4 nitrogen and oxygen atoms in total. The van der Waals surface area contributed by atoms with Gasteiger partial charge in [-0.05, 0) is 19.8 Å². The van der Waals surface area contributed by atoms with E-state index in [1.165, 1.54) is 0 Å². The smallest absolute Gasteiger partial charge is 0.331 e. The zero-order valence-corrected chi connectivity index (χ0v) is 9.43. The minimum Gasteiger partial charge on any atom is -0.465 e. The monoisotopic (exact) mass is 262 g/mol. The maximum absolute atomic E-state index is 11.5. The Hall–Kier alpha value is -0.710. The summed E-state index contributed by atoms with van der Waals surface area (Å²) in [6, 6.07) is 0. The van der Waals surface area contributed by atoms with E-state index in [4.69, 9.17) is 4.74 Å². The number of rotatable bonds is 2. The van der Waals surface area contributed by atoms with E-state index in [1.807, 2.05) is 0 Å². The molecule has 78 valence electrons. The van der Waals surface area contributed by atoms with Crippen LogP contribution in [0.15, 0.2) is 0 Å². The van der Waals surface area contributed by atoms with Crippen LogP contribution in [0.1, 0.15) is 26.2 Å². The quantitative estimate of drug-likeness (QED) is 0.323. The third-order valence-electron chi connectivity index (χ3n) is 2.14. The topological polar surface area (TPSA) is 60.4 Å². The maximum atomic E-state index is 11.5. The number of alkyl halides is 1. The lowest BCUT2D eigenvalue weighted by molar-refractivity contribution is -0.153. The fraction of sp³-hybridized carbons (Fsp3) is 0.667. The van der Waals surface area contributed by atoms with E-state index >= 15 is 0 Å². The van der Waals surface area contributed by atoms with Crippen LogP contribution in [0.3, 0.4) is 0 Å². The molecule has 0 N–H and O–H groups in total. The van der Waals surface area contributed by atoms with Crippen molar-refractivity contribution in [2.75, 3.05) is 6.61 Å². The number of halogens is 1. The Morgan fingerprint density at radius 1 is 1.57 bits per heavy atom. The predicted octanol–water partition coefficient (Wildman–Crippen LogP) is 1.01. The van der Waals surface area contributed by atoms with Gasteiger partial charge in [-0.1, -0.05) is 15.9 Å². The van der Waals surface area contributed by atoms with Crippen LogP contribution in [0.5, 0.6) is 0 Å². The van der Waals surface area contributed by atoms with Crippen LogP contribution in [0.25, 0.3) is 0 Å². The molecule has 0 radical (unpaired) electrons. The molecule has 1 fully saturated rings. The maximum Gasteiger partial charge on any atom is 0.331 e. The molecule has 1 saturated carbocycles. The summed E-state index contributed by atoms with van der Waals surface area (Å²) >= 11 is 3.02. The van der Waals surface area contributed by atoms with Gasteiger partial charge in [0.1, 0.15) is 0 Å². The van der Waals surface area contributed by atoms with Crippen LogP contribution in [0.2, 0.25) is 0 Å². The van der Waals surface area contributed by atoms with Gasteiger partial charge in [-0.15, -0.1) is 0 Å². The Morgan fingerprint density at radius 2 is 2.21 bits per heavy atom. The number of ketones is 2. The summed E-state index contributed by atoms with van der Waals surface area (Å²) < 4.78 is 3.33. The molecule has 1 atom stereocenters. The summed E-state index contributed by atoms with van der Waals surface area (Å²) in [7, 11) is 0. The zero-order chi connectivity index (χ0) is 10.8. The van der Waals surface area contributed by atoms with Crippen molar-refractivity contribution < 1.29 is 19.1 Å². The molecule has 1 aliphatic rings. The minimum atomic E-state index is -1.42. The third-order valence-corrected chi connectivity index (χ3v) is 3.22. The number of ether oxygens (including phenoxy) is 1. The van der Waals surface area contributed by atoms with Crippen molar-refractivity contribution in [3.8, 4) is 0 Å². The summed E-state index contributed by atoms with van der Waals surface area (Å²) in [6.07, 6.45) is 1.09. The zero-order valence-electron chi connectivity index (χ0n) is 7.84. The number of carbonyl (C=O) groups excluding carboxylic acids is 3. The molecule has 0 aromatic rings. The van der Waals surface area contributed by atoms with Gasteiger partial charge in [0.05, 0.1) is 6.61 Å². The van der Waals surface area contributed by atoms with E-state index < -0.39 is 21.9 Å². The molecule has 0 saturated heterocycles. The fourth-order valence-electron chi connectivity index (χ4n) is 1.38. The molecule has 1 rings (SSSR count). The van der Waals surface area contributed by atoms with Crippen molar-refractivity contribution in [2.45, 2.75) is 30.5 Å². The van der Waals surface area contributed by atoms with Crippen molar-refractivity contribution in [2.24, 2.45) is 0 Å². The average molecular weight is 263 g/mol. The predicted molar refractivity (Wildman–Crippen MR) is 52.2 cm³/mol. The second kappa shape index (κ2) is 4.21.